The van der Waals surface area contributed by atoms with Crippen molar-refractivity contribution in [3.63, 3.8) is 0 Å². The molecule has 1 heterocycles. The lowest BCUT2D eigenvalue weighted by Gasteiger charge is -2.36. The van der Waals surface area contributed by atoms with Crippen molar-refractivity contribution in [2.45, 2.75) is 77.3 Å². The topological polar surface area (TPSA) is 52.7 Å². The Bertz CT molecular complexity index is 1020. The van der Waals surface area contributed by atoms with Gasteiger partial charge in [0.05, 0.1) is 6.04 Å². The maximum Gasteiger partial charge on any atom is 0.226 e. The molecule has 37 heavy (non-hydrogen) atoms. The van der Waals surface area contributed by atoms with Gasteiger partial charge in [0.2, 0.25) is 5.91 Å². The molecule has 4 rings (SSSR count). The highest BCUT2D eigenvalue weighted by Gasteiger charge is 2.39. The molecule has 3 atom stereocenters. The first kappa shape index (κ1) is 27.4. The summed E-state index contributed by atoms with van der Waals surface area (Å²) in [7, 11) is 1.82. The van der Waals surface area contributed by atoms with E-state index in [1.54, 1.807) is 0 Å². The van der Waals surface area contributed by atoms with E-state index in [9.17, 15) is 9.59 Å². The van der Waals surface area contributed by atoms with Gasteiger partial charge in [-0.05, 0) is 75.8 Å². The van der Waals surface area contributed by atoms with Crippen LogP contribution < -0.4 is 10.2 Å². The predicted octanol–water partition coefficient (Wildman–Crippen LogP) is 5.93. The van der Waals surface area contributed by atoms with E-state index < -0.39 is 0 Å². The van der Waals surface area contributed by atoms with Gasteiger partial charge in [-0.2, -0.15) is 0 Å². The lowest BCUT2D eigenvalue weighted by molar-refractivity contribution is -0.141. The van der Waals surface area contributed by atoms with Gasteiger partial charge in [-0.15, -0.1) is 0 Å². The standard InChI is InChI=1S/C32H45N3O2/c1-4-34(28-18-11-17-27(21-28)25-13-7-5-8-14-25)23-29-19-12-20-35(29)32(37)30(22-31(36)24(2)33-3)26-15-9-6-10-16-26/h5,7-8,11,13-14,17-18,21,24,26,29-30,33H,4,6,9-10,12,15-16,19-20,22-23H2,1-3H3/t24-,29-,30-/m0/s1. The second-order valence-electron chi connectivity index (χ2n) is 11.0. The van der Waals surface area contributed by atoms with Crippen LogP contribution in [0, 0.1) is 11.8 Å². The van der Waals surface area contributed by atoms with Gasteiger partial charge in [-0.3, -0.25) is 9.59 Å². The fourth-order valence-electron chi connectivity index (χ4n) is 6.26. The number of hydrogen-bond acceptors (Lipinski definition) is 4. The van der Waals surface area contributed by atoms with Crippen molar-refractivity contribution in [2.24, 2.45) is 11.8 Å². The Balaban J connectivity index is 1.50. The van der Waals surface area contributed by atoms with Gasteiger partial charge in [0.15, 0.2) is 0 Å². The molecule has 2 aromatic rings. The summed E-state index contributed by atoms with van der Waals surface area (Å²) in [5.41, 5.74) is 3.63. The van der Waals surface area contributed by atoms with Gasteiger partial charge < -0.3 is 15.1 Å². The smallest absolute Gasteiger partial charge is 0.226 e. The van der Waals surface area contributed by atoms with Crippen molar-refractivity contribution >= 4 is 17.4 Å². The van der Waals surface area contributed by atoms with E-state index in [0.717, 1.165) is 45.3 Å². The summed E-state index contributed by atoms with van der Waals surface area (Å²) in [5, 5.41) is 3.08. The molecule has 0 unspecified atom stereocenters. The van der Waals surface area contributed by atoms with Crippen LogP contribution >= 0.6 is 0 Å². The number of Topliss-reactive ketones (excluding diaryl/α,β-unsaturated/α-hetero) is 1. The fourth-order valence-corrected chi connectivity index (χ4v) is 6.26. The monoisotopic (exact) mass is 503 g/mol. The molecule has 0 spiro atoms. The Kier molecular flexibility index (Phi) is 9.79. The zero-order chi connectivity index (χ0) is 26.2. The highest BCUT2D eigenvalue weighted by Crippen LogP contribution is 2.35. The molecule has 2 fully saturated rings. The number of nitrogens with one attached hydrogen (secondary N) is 1. The second kappa shape index (κ2) is 13.2. The quantitative estimate of drug-likeness (QED) is 0.413. The van der Waals surface area contributed by atoms with Crippen LogP contribution in [0.5, 0.6) is 0 Å². The van der Waals surface area contributed by atoms with E-state index in [1.807, 2.05) is 20.0 Å². The molecule has 1 amide bonds. The molecule has 200 valence electrons. The zero-order valence-corrected chi connectivity index (χ0v) is 23.0. The van der Waals surface area contributed by atoms with Crippen LogP contribution in [0.3, 0.4) is 0 Å². The highest BCUT2D eigenvalue weighted by atomic mass is 16.2. The molecule has 5 heteroatoms. The summed E-state index contributed by atoms with van der Waals surface area (Å²) in [6.07, 6.45) is 8.18. The lowest BCUT2D eigenvalue weighted by Crippen LogP contribution is -2.48. The normalized spacial score (nSPS) is 20.0. The minimum Gasteiger partial charge on any atom is -0.370 e. The van der Waals surface area contributed by atoms with E-state index in [1.165, 1.54) is 36.1 Å². The summed E-state index contributed by atoms with van der Waals surface area (Å²) < 4.78 is 0. The van der Waals surface area contributed by atoms with Gasteiger partial charge >= 0.3 is 0 Å². The van der Waals surface area contributed by atoms with Crippen LogP contribution in [0.1, 0.15) is 65.2 Å². The van der Waals surface area contributed by atoms with Gasteiger partial charge in [-0.25, -0.2) is 0 Å². The number of anilines is 1. The van der Waals surface area contributed by atoms with E-state index in [4.69, 9.17) is 0 Å². The molecule has 0 radical (unpaired) electrons. The average Bonchev–Trinajstić information content (AvgIpc) is 3.43. The van der Waals surface area contributed by atoms with Crippen molar-refractivity contribution in [2.75, 3.05) is 31.6 Å². The third kappa shape index (κ3) is 6.81. The molecule has 2 aliphatic rings. The zero-order valence-electron chi connectivity index (χ0n) is 23.0. The molecule has 1 saturated heterocycles. The molecule has 0 aromatic heterocycles. The maximum absolute atomic E-state index is 14.1. The number of carbonyl (C=O) groups is 2. The summed E-state index contributed by atoms with van der Waals surface area (Å²) in [4.78, 5) is 31.6. The number of benzene rings is 2. The van der Waals surface area contributed by atoms with Crippen molar-refractivity contribution < 1.29 is 9.59 Å². The van der Waals surface area contributed by atoms with Crippen molar-refractivity contribution in [1.29, 1.82) is 0 Å². The third-order valence-electron chi connectivity index (χ3n) is 8.66. The Morgan fingerprint density at radius 1 is 0.973 bits per heavy atom. The third-order valence-corrected chi connectivity index (χ3v) is 8.66. The van der Waals surface area contributed by atoms with Gasteiger partial charge in [0.1, 0.15) is 5.78 Å². The molecular weight excluding hydrogens is 458 g/mol. The number of likely N-dealkylation sites (N-methyl/N-ethyl adjacent to an activating group) is 2. The van der Waals surface area contributed by atoms with Crippen LogP contribution in [0.2, 0.25) is 0 Å². The molecule has 5 nitrogen and oxygen atoms in total. The van der Waals surface area contributed by atoms with Crippen LogP contribution in [0.4, 0.5) is 5.69 Å². The molecule has 1 saturated carbocycles. The van der Waals surface area contributed by atoms with Crippen LogP contribution in [0.15, 0.2) is 54.6 Å². The number of nitrogens with zero attached hydrogens (tertiary/aromatic N) is 2. The lowest BCUT2D eigenvalue weighted by atomic mass is 9.76. The molecule has 2 aromatic carbocycles. The summed E-state index contributed by atoms with van der Waals surface area (Å²) in [5.74, 6) is 0.538. The Morgan fingerprint density at radius 2 is 1.70 bits per heavy atom. The van der Waals surface area contributed by atoms with Crippen molar-refractivity contribution in [3.05, 3.63) is 54.6 Å². The molecular formula is C32H45N3O2. The van der Waals surface area contributed by atoms with E-state index in [-0.39, 0.29) is 29.7 Å². The Hall–Kier alpha value is -2.66. The first-order valence-corrected chi connectivity index (χ1v) is 14.4. The number of carbonyl (C=O) groups excluding carboxylic acids is 2. The maximum atomic E-state index is 14.1. The van der Waals surface area contributed by atoms with Crippen molar-refractivity contribution in [3.8, 4) is 11.1 Å². The first-order valence-electron chi connectivity index (χ1n) is 14.4. The van der Waals surface area contributed by atoms with Crippen LogP contribution in [-0.4, -0.2) is 55.4 Å². The minimum absolute atomic E-state index is 0.162. The number of hydrogen-bond donors (Lipinski definition) is 1. The predicted molar refractivity (Wildman–Crippen MR) is 153 cm³/mol. The molecule has 1 aliphatic heterocycles. The van der Waals surface area contributed by atoms with E-state index in [0.29, 0.717) is 12.3 Å². The second-order valence-corrected chi connectivity index (χ2v) is 11.0. The first-order chi connectivity index (χ1) is 18.0. The van der Waals surface area contributed by atoms with Crippen LogP contribution in [-0.2, 0) is 9.59 Å². The number of ketones is 1. The number of likely N-dealkylation sites (tertiary alicyclic amines) is 1. The van der Waals surface area contributed by atoms with Crippen molar-refractivity contribution in [1.82, 2.24) is 10.2 Å². The van der Waals surface area contributed by atoms with Gasteiger partial charge in [-0.1, -0.05) is 61.7 Å². The van der Waals surface area contributed by atoms with Gasteiger partial charge in [0.25, 0.3) is 0 Å². The van der Waals surface area contributed by atoms with E-state index >= 15 is 0 Å². The number of amides is 1. The Morgan fingerprint density at radius 3 is 2.41 bits per heavy atom. The minimum atomic E-state index is -0.208. The van der Waals surface area contributed by atoms with E-state index in [2.05, 4.69) is 70.6 Å². The fraction of sp³-hybridized carbons (Fsp3) is 0.562. The molecule has 1 aliphatic carbocycles. The number of rotatable bonds is 11. The summed E-state index contributed by atoms with van der Waals surface area (Å²) in [6.45, 7) is 6.63. The van der Waals surface area contributed by atoms with Gasteiger partial charge in [0, 0.05) is 43.7 Å². The average molecular weight is 504 g/mol. The highest BCUT2D eigenvalue weighted by molar-refractivity contribution is 5.90. The SMILES string of the molecule is CCN(C[C@@H]1CCCN1C(=O)[C@@H](CC(=O)[C@H](C)NC)C1CCCCC1)c1cccc(-c2ccccc2)c1. The molecule has 1 N–H and O–H groups in total. The summed E-state index contributed by atoms with van der Waals surface area (Å²) in [6, 6.07) is 19.2. The van der Waals surface area contributed by atoms with Crippen LogP contribution in [0.25, 0.3) is 11.1 Å². The Labute approximate surface area is 223 Å². The summed E-state index contributed by atoms with van der Waals surface area (Å²) >= 11 is 0. The molecule has 0 bridgehead atoms. The largest absolute Gasteiger partial charge is 0.370 e.